The van der Waals surface area contributed by atoms with E-state index in [0.717, 1.165) is 36.8 Å². The molecule has 1 saturated carbocycles. The van der Waals surface area contributed by atoms with Gasteiger partial charge in [-0.1, -0.05) is 85.3 Å². The average molecular weight is 522 g/mol. The third-order valence-corrected chi connectivity index (χ3v) is 7.86. The predicted octanol–water partition coefficient (Wildman–Crippen LogP) is 6.79. The number of carbonyl (C=O) groups is 2. The van der Waals surface area contributed by atoms with Gasteiger partial charge in [0.2, 0.25) is 11.8 Å². The summed E-state index contributed by atoms with van der Waals surface area (Å²) in [5.74, 6) is 0.797. The second kappa shape index (κ2) is 13.4. The van der Waals surface area contributed by atoms with Crippen LogP contribution >= 0.6 is 35.0 Å². The summed E-state index contributed by atoms with van der Waals surface area (Å²) in [6, 6.07) is 13.3. The topological polar surface area (TPSA) is 49.4 Å². The van der Waals surface area contributed by atoms with Crippen molar-refractivity contribution in [2.45, 2.75) is 76.8 Å². The summed E-state index contributed by atoms with van der Waals surface area (Å²) in [5, 5.41) is 4.42. The van der Waals surface area contributed by atoms with Crippen LogP contribution < -0.4 is 5.32 Å². The van der Waals surface area contributed by atoms with Gasteiger partial charge in [-0.15, -0.1) is 11.8 Å². The number of nitrogens with zero attached hydrogens (tertiary/aromatic N) is 1. The molecule has 0 saturated heterocycles. The van der Waals surface area contributed by atoms with Gasteiger partial charge >= 0.3 is 0 Å². The molecule has 3 rings (SSSR count). The molecule has 2 amide bonds. The highest BCUT2D eigenvalue weighted by molar-refractivity contribution is 7.99. The van der Waals surface area contributed by atoms with Gasteiger partial charge in [-0.25, -0.2) is 0 Å². The molecule has 2 aromatic rings. The van der Waals surface area contributed by atoms with Gasteiger partial charge < -0.3 is 10.2 Å². The molecule has 7 heteroatoms. The van der Waals surface area contributed by atoms with Crippen molar-refractivity contribution >= 4 is 46.8 Å². The molecule has 1 fully saturated rings. The summed E-state index contributed by atoms with van der Waals surface area (Å²) >= 11 is 13.8. The lowest BCUT2D eigenvalue weighted by Gasteiger charge is -2.32. The van der Waals surface area contributed by atoms with E-state index in [-0.39, 0.29) is 23.6 Å². The van der Waals surface area contributed by atoms with E-state index in [1.165, 1.54) is 23.7 Å². The van der Waals surface area contributed by atoms with E-state index in [1.54, 1.807) is 17.0 Å². The zero-order valence-corrected chi connectivity index (χ0v) is 22.3. The minimum atomic E-state index is -0.490. The second-order valence-corrected chi connectivity index (χ2v) is 10.8. The first kappa shape index (κ1) is 26.9. The second-order valence-electron chi connectivity index (χ2n) is 9.00. The zero-order valence-electron chi connectivity index (χ0n) is 20.0. The Morgan fingerprint density at radius 3 is 2.44 bits per heavy atom. The Hall–Kier alpha value is -1.69. The number of aryl methyl sites for hydroxylation is 1. The fraction of sp³-hybridized carbons (Fsp3) is 0.481. The highest BCUT2D eigenvalue weighted by atomic mass is 35.5. The molecule has 0 spiro atoms. The SMILES string of the molecule is CC[C@@H](C(=O)NC1CCCCC1)N(Cc1ccc(C)cc1)C(=O)CSCc1ccc(Cl)cc1Cl. The summed E-state index contributed by atoms with van der Waals surface area (Å²) in [6.45, 7) is 4.43. The molecule has 0 heterocycles. The summed E-state index contributed by atoms with van der Waals surface area (Å²) < 4.78 is 0. The zero-order chi connectivity index (χ0) is 24.5. The standard InChI is InChI=1S/C27H34Cl2N2O2S/c1-3-25(27(33)30-23-7-5-4-6-8-23)31(16-20-11-9-19(2)10-12-20)26(32)18-34-17-21-13-14-22(28)15-24(21)29/h9-15,23,25H,3-8,16-18H2,1-2H3,(H,30,33)/t25-/m0/s1. The molecule has 4 nitrogen and oxygen atoms in total. The van der Waals surface area contributed by atoms with Crippen molar-refractivity contribution in [2.24, 2.45) is 0 Å². The van der Waals surface area contributed by atoms with Crippen LogP contribution in [0, 0.1) is 6.92 Å². The number of amides is 2. The van der Waals surface area contributed by atoms with Crippen LogP contribution in [0.4, 0.5) is 0 Å². The molecule has 1 aliphatic carbocycles. The number of thioether (sulfide) groups is 1. The molecule has 0 aromatic heterocycles. The van der Waals surface area contributed by atoms with Crippen molar-refractivity contribution < 1.29 is 9.59 Å². The van der Waals surface area contributed by atoms with E-state index in [0.29, 0.717) is 28.8 Å². The Bertz CT molecular complexity index is 962. The Labute approximate surface area is 217 Å². The van der Waals surface area contributed by atoms with Crippen molar-refractivity contribution in [3.05, 3.63) is 69.2 Å². The molecule has 1 N–H and O–H groups in total. The molecule has 34 heavy (non-hydrogen) atoms. The quantitative estimate of drug-likeness (QED) is 0.375. The van der Waals surface area contributed by atoms with E-state index >= 15 is 0 Å². The van der Waals surface area contributed by atoms with Crippen molar-refractivity contribution in [3.8, 4) is 0 Å². The van der Waals surface area contributed by atoms with Crippen LogP contribution in [0.3, 0.4) is 0 Å². The van der Waals surface area contributed by atoms with Crippen LogP contribution in [0.25, 0.3) is 0 Å². The van der Waals surface area contributed by atoms with Crippen molar-refractivity contribution in [3.63, 3.8) is 0 Å². The highest BCUT2D eigenvalue weighted by Gasteiger charge is 2.30. The molecule has 0 radical (unpaired) electrons. The molecule has 184 valence electrons. The van der Waals surface area contributed by atoms with E-state index < -0.39 is 6.04 Å². The Balaban J connectivity index is 1.70. The Kier molecular flexibility index (Phi) is 10.6. The van der Waals surface area contributed by atoms with Gasteiger partial charge in [0.25, 0.3) is 0 Å². The monoisotopic (exact) mass is 520 g/mol. The van der Waals surface area contributed by atoms with Gasteiger partial charge in [0.1, 0.15) is 6.04 Å². The Morgan fingerprint density at radius 1 is 1.09 bits per heavy atom. The highest BCUT2D eigenvalue weighted by Crippen LogP contribution is 2.25. The van der Waals surface area contributed by atoms with Crippen LogP contribution in [0.1, 0.15) is 62.1 Å². The minimum Gasteiger partial charge on any atom is -0.352 e. The summed E-state index contributed by atoms with van der Waals surface area (Å²) in [6.07, 6.45) is 6.15. The predicted molar refractivity (Wildman–Crippen MR) is 143 cm³/mol. The molecular formula is C27H34Cl2N2O2S. The maximum atomic E-state index is 13.4. The Morgan fingerprint density at radius 2 is 1.79 bits per heavy atom. The van der Waals surface area contributed by atoms with Crippen LogP contribution in [-0.2, 0) is 21.9 Å². The third kappa shape index (κ3) is 7.93. The van der Waals surface area contributed by atoms with Gasteiger partial charge in [-0.2, -0.15) is 0 Å². The minimum absolute atomic E-state index is 0.0405. The first-order valence-electron chi connectivity index (χ1n) is 12.0. The number of nitrogens with one attached hydrogen (secondary N) is 1. The number of benzene rings is 2. The van der Waals surface area contributed by atoms with E-state index in [1.807, 2.05) is 44.2 Å². The normalized spacial score (nSPS) is 15.1. The van der Waals surface area contributed by atoms with Gasteiger partial charge in [0, 0.05) is 28.4 Å². The van der Waals surface area contributed by atoms with Gasteiger partial charge in [-0.05, 0) is 49.4 Å². The number of hydrogen-bond donors (Lipinski definition) is 1. The van der Waals surface area contributed by atoms with E-state index in [9.17, 15) is 9.59 Å². The molecule has 1 aliphatic rings. The first-order chi connectivity index (χ1) is 16.4. The lowest BCUT2D eigenvalue weighted by atomic mass is 9.95. The van der Waals surface area contributed by atoms with Gasteiger partial charge in [0.15, 0.2) is 0 Å². The number of halogens is 2. The third-order valence-electron chi connectivity index (χ3n) is 6.31. The van der Waals surface area contributed by atoms with Crippen molar-refractivity contribution in [1.29, 1.82) is 0 Å². The van der Waals surface area contributed by atoms with E-state index in [4.69, 9.17) is 23.2 Å². The van der Waals surface area contributed by atoms with Crippen LogP contribution in [0.2, 0.25) is 10.0 Å². The maximum absolute atomic E-state index is 13.4. The molecule has 0 aliphatic heterocycles. The van der Waals surface area contributed by atoms with Gasteiger partial charge in [-0.3, -0.25) is 9.59 Å². The van der Waals surface area contributed by atoms with E-state index in [2.05, 4.69) is 5.32 Å². The van der Waals surface area contributed by atoms with Crippen LogP contribution in [0.5, 0.6) is 0 Å². The van der Waals surface area contributed by atoms with Crippen molar-refractivity contribution in [1.82, 2.24) is 10.2 Å². The van der Waals surface area contributed by atoms with Crippen molar-refractivity contribution in [2.75, 3.05) is 5.75 Å². The fourth-order valence-corrected chi connectivity index (χ4v) is 5.79. The fourth-order valence-electron chi connectivity index (χ4n) is 4.32. The molecular weight excluding hydrogens is 487 g/mol. The summed E-state index contributed by atoms with van der Waals surface area (Å²) in [5.41, 5.74) is 3.13. The number of hydrogen-bond acceptors (Lipinski definition) is 3. The molecule has 2 aromatic carbocycles. The van der Waals surface area contributed by atoms with Crippen LogP contribution in [-0.4, -0.2) is 34.6 Å². The summed E-state index contributed by atoms with van der Waals surface area (Å²) in [4.78, 5) is 28.4. The molecule has 1 atom stereocenters. The smallest absolute Gasteiger partial charge is 0.243 e. The number of rotatable bonds is 10. The first-order valence-corrected chi connectivity index (χ1v) is 14.0. The molecule has 0 unspecified atom stereocenters. The van der Waals surface area contributed by atoms with Gasteiger partial charge in [0.05, 0.1) is 5.75 Å². The van der Waals surface area contributed by atoms with Crippen LogP contribution in [0.15, 0.2) is 42.5 Å². The lowest BCUT2D eigenvalue weighted by Crippen LogP contribution is -2.52. The number of carbonyl (C=O) groups excluding carboxylic acids is 2. The lowest BCUT2D eigenvalue weighted by molar-refractivity contribution is -0.139. The largest absolute Gasteiger partial charge is 0.352 e. The average Bonchev–Trinajstić information content (AvgIpc) is 2.82. The molecule has 0 bridgehead atoms. The maximum Gasteiger partial charge on any atom is 0.243 e. The summed E-state index contributed by atoms with van der Waals surface area (Å²) in [7, 11) is 0.